The van der Waals surface area contributed by atoms with E-state index in [1.807, 2.05) is 13.8 Å². The third kappa shape index (κ3) is 4.14. The largest absolute Gasteiger partial charge is 0.453 e. The number of rotatable bonds is 4. The standard InChI is InChI=1S/C12H10ClF5N4.C2H6/c13-6-1-2-7-8(5-6)22(21-9(7)10(19)20)4-3-11(14,15)12(16,17)18;1-2/h1-2,5H,3-4H2,(H3,19,20);1-2H3. The van der Waals surface area contributed by atoms with Gasteiger partial charge in [0, 0.05) is 23.4 Å². The maximum absolute atomic E-state index is 13.0. The van der Waals surface area contributed by atoms with Crippen LogP contribution in [0.5, 0.6) is 0 Å². The molecule has 0 amide bonds. The van der Waals surface area contributed by atoms with Crippen LogP contribution in [0.1, 0.15) is 26.0 Å². The summed E-state index contributed by atoms with van der Waals surface area (Å²) in [6.07, 6.45) is -7.10. The van der Waals surface area contributed by atoms with E-state index in [0.717, 1.165) is 4.68 Å². The van der Waals surface area contributed by atoms with E-state index in [9.17, 15) is 22.0 Å². The number of amidine groups is 1. The fraction of sp³-hybridized carbons (Fsp3) is 0.429. The van der Waals surface area contributed by atoms with E-state index >= 15 is 0 Å². The second kappa shape index (κ2) is 7.33. The van der Waals surface area contributed by atoms with Crippen LogP contribution in [0.25, 0.3) is 10.9 Å². The van der Waals surface area contributed by atoms with Gasteiger partial charge in [-0.05, 0) is 18.2 Å². The summed E-state index contributed by atoms with van der Waals surface area (Å²) in [4.78, 5) is 0. The highest BCUT2D eigenvalue weighted by molar-refractivity contribution is 6.31. The number of aryl methyl sites for hydroxylation is 1. The van der Waals surface area contributed by atoms with Crippen molar-refractivity contribution in [3.63, 3.8) is 0 Å². The normalized spacial score (nSPS) is 12.0. The Bertz CT molecular complexity index is 724. The average Bonchev–Trinajstić information content (AvgIpc) is 2.84. The second-order valence-corrected chi connectivity index (χ2v) is 5.04. The van der Waals surface area contributed by atoms with Gasteiger partial charge in [-0.1, -0.05) is 25.4 Å². The summed E-state index contributed by atoms with van der Waals surface area (Å²) in [6, 6.07) is 4.31. The average molecular weight is 371 g/mol. The van der Waals surface area contributed by atoms with Crippen LogP contribution in [0.3, 0.4) is 0 Å². The van der Waals surface area contributed by atoms with Crippen LogP contribution in [-0.4, -0.2) is 27.7 Å². The fourth-order valence-corrected chi connectivity index (χ4v) is 2.07. The Balaban J connectivity index is 0.00000139. The van der Waals surface area contributed by atoms with Crippen LogP contribution >= 0.6 is 11.6 Å². The Kier molecular flexibility index (Phi) is 6.15. The molecule has 0 aliphatic heterocycles. The highest BCUT2D eigenvalue weighted by atomic mass is 35.5. The van der Waals surface area contributed by atoms with Gasteiger partial charge in [-0.2, -0.15) is 27.1 Å². The molecule has 0 bridgehead atoms. The molecule has 10 heteroatoms. The molecular weight excluding hydrogens is 355 g/mol. The van der Waals surface area contributed by atoms with Crippen molar-refractivity contribution in [2.75, 3.05) is 0 Å². The molecular formula is C14H16ClF5N4. The quantitative estimate of drug-likeness (QED) is 0.469. The Morgan fingerprint density at radius 1 is 1.25 bits per heavy atom. The van der Waals surface area contributed by atoms with Gasteiger partial charge in [0.05, 0.1) is 5.52 Å². The molecule has 3 N–H and O–H groups in total. The van der Waals surface area contributed by atoms with Crippen molar-refractivity contribution < 1.29 is 22.0 Å². The van der Waals surface area contributed by atoms with Crippen molar-refractivity contribution >= 4 is 28.3 Å². The lowest BCUT2D eigenvalue weighted by molar-refractivity contribution is -0.285. The molecule has 2 rings (SSSR count). The molecule has 134 valence electrons. The molecule has 4 nitrogen and oxygen atoms in total. The lowest BCUT2D eigenvalue weighted by atomic mass is 10.2. The highest BCUT2D eigenvalue weighted by Crippen LogP contribution is 2.38. The smallest absolute Gasteiger partial charge is 0.382 e. The topological polar surface area (TPSA) is 67.7 Å². The zero-order valence-corrected chi connectivity index (χ0v) is 13.6. The van der Waals surface area contributed by atoms with Crippen LogP contribution in [0.15, 0.2) is 18.2 Å². The van der Waals surface area contributed by atoms with E-state index in [1.165, 1.54) is 18.2 Å². The van der Waals surface area contributed by atoms with E-state index in [-0.39, 0.29) is 16.2 Å². The number of hydrogen-bond donors (Lipinski definition) is 2. The van der Waals surface area contributed by atoms with Gasteiger partial charge in [0.25, 0.3) is 0 Å². The maximum atomic E-state index is 13.0. The van der Waals surface area contributed by atoms with E-state index < -0.39 is 30.9 Å². The molecule has 1 aromatic heterocycles. The van der Waals surface area contributed by atoms with Crippen molar-refractivity contribution in [1.82, 2.24) is 9.78 Å². The maximum Gasteiger partial charge on any atom is 0.453 e. The lowest BCUT2D eigenvalue weighted by Gasteiger charge is -2.19. The first-order chi connectivity index (χ1) is 11.0. The van der Waals surface area contributed by atoms with Crippen LogP contribution < -0.4 is 5.73 Å². The molecule has 0 saturated heterocycles. The first-order valence-electron chi connectivity index (χ1n) is 6.98. The number of benzene rings is 1. The number of alkyl halides is 5. The predicted octanol–water partition coefficient (Wildman–Crippen LogP) is 4.59. The molecule has 0 unspecified atom stereocenters. The molecule has 0 saturated carbocycles. The SMILES string of the molecule is CC.N=C(N)c1nn(CCC(F)(F)C(F)(F)F)c2cc(Cl)ccc12. The lowest BCUT2D eigenvalue weighted by Crippen LogP contribution is -2.37. The zero-order valence-electron chi connectivity index (χ0n) is 12.9. The van der Waals surface area contributed by atoms with Crippen LogP contribution in [0.2, 0.25) is 5.02 Å². The van der Waals surface area contributed by atoms with E-state index in [1.54, 1.807) is 0 Å². The number of hydrogen-bond acceptors (Lipinski definition) is 2. The predicted molar refractivity (Wildman–Crippen MR) is 82.7 cm³/mol. The van der Waals surface area contributed by atoms with Gasteiger partial charge in [-0.15, -0.1) is 0 Å². The first kappa shape index (κ1) is 20.1. The summed E-state index contributed by atoms with van der Waals surface area (Å²) < 4.78 is 63.5. The zero-order chi connectivity index (χ0) is 18.7. The summed E-state index contributed by atoms with van der Waals surface area (Å²) in [6.45, 7) is 3.30. The monoisotopic (exact) mass is 370 g/mol. The van der Waals surface area contributed by atoms with Gasteiger partial charge in [0.15, 0.2) is 0 Å². The molecule has 2 aromatic rings. The minimum atomic E-state index is -5.63. The number of nitrogen functional groups attached to an aromatic ring is 1. The Hall–Kier alpha value is -1.90. The highest BCUT2D eigenvalue weighted by Gasteiger charge is 2.56. The number of nitrogens with zero attached hydrogens (tertiary/aromatic N) is 2. The molecule has 1 aromatic carbocycles. The van der Waals surface area contributed by atoms with Gasteiger partial charge >= 0.3 is 12.1 Å². The minimum Gasteiger partial charge on any atom is -0.382 e. The van der Waals surface area contributed by atoms with Gasteiger partial charge in [-0.3, -0.25) is 10.1 Å². The van der Waals surface area contributed by atoms with Gasteiger partial charge < -0.3 is 5.73 Å². The number of fused-ring (bicyclic) bond motifs is 1. The minimum absolute atomic E-state index is 0.00184. The third-order valence-electron chi connectivity index (χ3n) is 3.02. The van der Waals surface area contributed by atoms with Crippen molar-refractivity contribution in [1.29, 1.82) is 5.41 Å². The first-order valence-corrected chi connectivity index (χ1v) is 7.36. The summed E-state index contributed by atoms with van der Waals surface area (Å²) >= 11 is 5.79. The van der Waals surface area contributed by atoms with Crippen molar-refractivity contribution in [3.8, 4) is 0 Å². The molecule has 0 radical (unpaired) electrons. The summed E-state index contributed by atoms with van der Waals surface area (Å²) in [5.41, 5.74) is 5.56. The van der Waals surface area contributed by atoms with Crippen molar-refractivity contribution in [2.24, 2.45) is 5.73 Å². The summed E-state index contributed by atoms with van der Waals surface area (Å²) in [7, 11) is 0. The van der Waals surface area contributed by atoms with Crippen LogP contribution in [0, 0.1) is 5.41 Å². The summed E-state index contributed by atoms with van der Waals surface area (Å²) in [5, 5.41) is 11.8. The van der Waals surface area contributed by atoms with Gasteiger partial charge in [0.1, 0.15) is 11.5 Å². The van der Waals surface area contributed by atoms with Gasteiger partial charge in [-0.25, -0.2) is 0 Å². The van der Waals surface area contributed by atoms with E-state index in [2.05, 4.69) is 5.10 Å². The Morgan fingerprint density at radius 2 is 1.83 bits per heavy atom. The molecule has 0 aliphatic carbocycles. The molecule has 0 spiro atoms. The second-order valence-electron chi connectivity index (χ2n) is 4.60. The van der Waals surface area contributed by atoms with Gasteiger partial charge in [0.2, 0.25) is 0 Å². The number of halogens is 6. The molecule has 1 heterocycles. The fourth-order valence-electron chi connectivity index (χ4n) is 1.90. The molecule has 0 fully saturated rings. The molecule has 24 heavy (non-hydrogen) atoms. The van der Waals surface area contributed by atoms with E-state index in [4.69, 9.17) is 22.7 Å². The third-order valence-corrected chi connectivity index (χ3v) is 3.26. The number of nitrogens with two attached hydrogens (primary N) is 1. The van der Waals surface area contributed by atoms with Crippen molar-refractivity contribution in [2.45, 2.75) is 38.9 Å². The summed E-state index contributed by atoms with van der Waals surface area (Å²) in [5.74, 6) is -5.26. The number of aromatic nitrogens is 2. The Morgan fingerprint density at radius 3 is 2.33 bits per heavy atom. The molecule has 0 atom stereocenters. The number of nitrogens with one attached hydrogen (secondary N) is 1. The van der Waals surface area contributed by atoms with E-state index in [0.29, 0.717) is 5.39 Å². The Labute approximate surface area is 139 Å². The molecule has 0 aliphatic rings. The van der Waals surface area contributed by atoms with Crippen LogP contribution in [-0.2, 0) is 6.54 Å². The van der Waals surface area contributed by atoms with Crippen molar-refractivity contribution in [3.05, 3.63) is 28.9 Å². The van der Waals surface area contributed by atoms with Crippen LogP contribution in [0.4, 0.5) is 22.0 Å².